The van der Waals surface area contributed by atoms with Gasteiger partial charge in [0.1, 0.15) is 0 Å². The monoisotopic (exact) mass is 241 g/mol. The van der Waals surface area contributed by atoms with Crippen LogP contribution in [0, 0.1) is 0 Å². The molecule has 0 spiro atoms. The van der Waals surface area contributed by atoms with E-state index in [4.69, 9.17) is 23.2 Å². The number of halogens is 2. The number of rotatable bonds is 3. The quantitative estimate of drug-likeness (QED) is 0.808. The third-order valence-corrected chi connectivity index (χ3v) is 2.27. The third kappa shape index (κ3) is 3.11. The summed E-state index contributed by atoms with van der Waals surface area (Å²) in [7, 11) is 0. The molecule has 0 radical (unpaired) electrons. The average Bonchev–Trinajstić information content (AvgIpc) is 2.18. The molecule has 1 rings (SSSR count). The largest absolute Gasteiger partial charge is 0.329 e. The van der Waals surface area contributed by atoms with Crippen LogP contribution >= 0.6 is 23.2 Å². The van der Waals surface area contributed by atoms with Gasteiger partial charge in [0.25, 0.3) is 5.91 Å². The van der Waals surface area contributed by atoms with E-state index in [0.29, 0.717) is 10.0 Å². The van der Waals surface area contributed by atoms with E-state index in [-0.39, 0.29) is 11.5 Å². The zero-order chi connectivity index (χ0) is 11.3. The lowest BCUT2D eigenvalue weighted by Crippen LogP contribution is -2.17. The molecule has 78 valence electrons. The van der Waals surface area contributed by atoms with E-state index >= 15 is 0 Å². The maximum atomic E-state index is 11.6. The summed E-state index contributed by atoms with van der Waals surface area (Å²) < 4.78 is 0. The number of carbonyl (C=O) groups is 1. The second kappa shape index (κ2) is 5.59. The third-order valence-electron chi connectivity index (χ3n) is 1.64. The molecule has 15 heavy (non-hydrogen) atoms. The van der Waals surface area contributed by atoms with E-state index in [9.17, 15) is 4.79 Å². The Balaban J connectivity index is 2.91. The number of allylic oxidation sites excluding steroid dienone is 2. The number of nitrogens with one attached hydrogen (secondary N) is 1. The number of hydrogen-bond donors (Lipinski definition) is 1. The van der Waals surface area contributed by atoms with Crippen LogP contribution in [-0.4, -0.2) is 5.91 Å². The smallest absolute Gasteiger partial charge is 0.258 e. The van der Waals surface area contributed by atoms with Crippen LogP contribution in [0.1, 0.15) is 10.4 Å². The van der Waals surface area contributed by atoms with Crippen LogP contribution in [0.5, 0.6) is 0 Å². The molecule has 0 heterocycles. The number of hydrogen-bond acceptors (Lipinski definition) is 1. The molecule has 1 aromatic rings. The predicted octanol–water partition coefficient (Wildman–Crippen LogP) is 3.42. The fourth-order valence-electron chi connectivity index (χ4n) is 0.979. The molecule has 0 saturated carbocycles. The number of amides is 1. The van der Waals surface area contributed by atoms with Gasteiger partial charge in [-0.05, 0) is 18.2 Å². The standard InChI is InChI=1S/C11H9Cl2NO/c1-2-3-7-14-11(15)10-8(12)5-4-6-9(10)13/h2-7H,1H2,(H,14,15)/b7-3-. The van der Waals surface area contributed by atoms with Crippen molar-refractivity contribution in [3.8, 4) is 0 Å². The fraction of sp³-hybridized carbons (Fsp3) is 0. The second-order valence-corrected chi connectivity index (χ2v) is 3.48. The van der Waals surface area contributed by atoms with Crippen molar-refractivity contribution in [2.45, 2.75) is 0 Å². The Morgan fingerprint density at radius 1 is 1.33 bits per heavy atom. The Morgan fingerprint density at radius 2 is 1.93 bits per heavy atom. The molecule has 2 nitrogen and oxygen atoms in total. The van der Waals surface area contributed by atoms with Gasteiger partial charge >= 0.3 is 0 Å². The predicted molar refractivity (Wildman–Crippen MR) is 63.3 cm³/mol. The Bertz CT molecular complexity index is 393. The van der Waals surface area contributed by atoms with Crippen LogP contribution in [0.2, 0.25) is 10.0 Å². The summed E-state index contributed by atoms with van der Waals surface area (Å²) in [5.41, 5.74) is 0.273. The maximum Gasteiger partial charge on any atom is 0.258 e. The summed E-state index contributed by atoms with van der Waals surface area (Å²) in [4.78, 5) is 11.6. The Labute approximate surface area is 98.2 Å². The first kappa shape index (κ1) is 11.8. The highest BCUT2D eigenvalue weighted by Gasteiger charge is 2.12. The van der Waals surface area contributed by atoms with Gasteiger partial charge in [0, 0.05) is 6.20 Å². The Morgan fingerprint density at radius 3 is 2.47 bits per heavy atom. The molecule has 0 bridgehead atoms. The van der Waals surface area contributed by atoms with Crippen LogP contribution in [-0.2, 0) is 0 Å². The summed E-state index contributed by atoms with van der Waals surface area (Å²) in [5.74, 6) is -0.344. The topological polar surface area (TPSA) is 29.1 Å². The maximum absolute atomic E-state index is 11.6. The van der Waals surface area contributed by atoms with Gasteiger partial charge in [0.15, 0.2) is 0 Å². The van der Waals surface area contributed by atoms with Gasteiger partial charge in [0.2, 0.25) is 0 Å². The van der Waals surface area contributed by atoms with Crippen LogP contribution in [0.15, 0.2) is 43.1 Å². The highest BCUT2D eigenvalue weighted by Crippen LogP contribution is 2.23. The highest BCUT2D eigenvalue weighted by atomic mass is 35.5. The molecule has 0 fully saturated rings. The zero-order valence-electron chi connectivity index (χ0n) is 7.84. The summed E-state index contributed by atoms with van der Waals surface area (Å²) in [6.07, 6.45) is 4.62. The van der Waals surface area contributed by atoms with Gasteiger partial charge in [0.05, 0.1) is 15.6 Å². The first-order valence-corrected chi connectivity index (χ1v) is 4.95. The molecule has 0 aromatic heterocycles. The van der Waals surface area contributed by atoms with E-state index in [2.05, 4.69) is 11.9 Å². The van der Waals surface area contributed by atoms with Crippen molar-refractivity contribution in [2.24, 2.45) is 0 Å². The normalized spacial score (nSPS) is 10.3. The summed E-state index contributed by atoms with van der Waals surface area (Å²) in [6.45, 7) is 3.48. The Hall–Kier alpha value is -1.25. The van der Waals surface area contributed by atoms with E-state index in [1.807, 2.05) is 0 Å². The first-order valence-electron chi connectivity index (χ1n) is 4.19. The molecule has 0 aliphatic heterocycles. The molecule has 4 heteroatoms. The molecule has 1 aromatic carbocycles. The van der Waals surface area contributed by atoms with Gasteiger partial charge in [-0.3, -0.25) is 4.79 Å². The van der Waals surface area contributed by atoms with E-state index < -0.39 is 0 Å². The molecule has 0 saturated heterocycles. The van der Waals surface area contributed by atoms with Gasteiger partial charge in [-0.1, -0.05) is 41.9 Å². The fourth-order valence-corrected chi connectivity index (χ4v) is 1.55. The molecule has 0 aliphatic carbocycles. The highest BCUT2D eigenvalue weighted by molar-refractivity contribution is 6.39. The van der Waals surface area contributed by atoms with Crippen LogP contribution in [0.3, 0.4) is 0 Å². The molecule has 0 atom stereocenters. The van der Waals surface area contributed by atoms with E-state index in [1.54, 1.807) is 30.4 Å². The molecular formula is C11H9Cl2NO. The molecular weight excluding hydrogens is 233 g/mol. The van der Waals surface area contributed by atoms with Crippen molar-refractivity contribution in [1.82, 2.24) is 5.32 Å². The van der Waals surface area contributed by atoms with Gasteiger partial charge < -0.3 is 5.32 Å². The van der Waals surface area contributed by atoms with Crippen LogP contribution < -0.4 is 5.32 Å². The van der Waals surface area contributed by atoms with Crippen molar-refractivity contribution < 1.29 is 4.79 Å². The average molecular weight is 242 g/mol. The lowest BCUT2D eigenvalue weighted by Gasteiger charge is -2.04. The van der Waals surface area contributed by atoms with Gasteiger partial charge in [-0.2, -0.15) is 0 Å². The minimum absolute atomic E-state index is 0.273. The van der Waals surface area contributed by atoms with Gasteiger partial charge in [-0.15, -0.1) is 0 Å². The van der Waals surface area contributed by atoms with Crippen molar-refractivity contribution in [3.63, 3.8) is 0 Å². The van der Waals surface area contributed by atoms with Crippen molar-refractivity contribution in [3.05, 3.63) is 58.7 Å². The summed E-state index contributed by atoms with van der Waals surface area (Å²) in [6, 6.07) is 4.90. The summed E-state index contributed by atoms with van der Waals surface area (Å²) >= 11 is 11.7. The first-order chi connectivity index (χ1) is 7.16. The van der Waals surface area contributed by atoms with Gasteiger partial charge in [-0.25, -0.2) is 0 Å². The molecule has 0 aliphatic rings. The number of carbonyl (C=O) groups excluding carboxylic acids is 1. The van der Waals surface area contributed by atoms with Crippen molar-refractivity contribution in [2.75, 3.05) is 0 Å². The van der Waals surface area contributed by atoms with Crippen molar-refractivity contribution in [1.29, 1.82) is 0 Å². The lowest BCUT2D eigenvalue weighted by atomic mass is 10.2. The molecule has 1 amide bonds. The zero-order valence-corrected chi connectivity index (χ0v) is 9.35. The van der Waals surface area contributed by atoms with Crippen LogP contribution in [0.25, 0.3) is 0 Å². The number of benzene rings is 1. The molecule has 1 N–H and O–H groups in total. The second-order valence-electron chi connectivity index (χ2n) is 2.66. The van der Waals surface area contributed by atoms with E-state index in [1.165, 1.54) is 6.20 Å². The van der Waals surface area contributed by atoms with Crippen LogP contribution in [0.4, 0.5) is 0 Å². The molecule has 0 unspecified atom stereocenters. The minimum Gasteiger partial charge on any atom is -0.329 e. The Kier molecular flexibility index (Phi) is 4.40. The minimum atomic E-state index is -0.344. The van der Waals surface area contributed by atoms with Crippen molar-refractivity contribution >= 4 is 29.1 Å². The summed E-state index contributed by atoms with van der Waals surface area (Å²) in [5, 5.41) is 3.17. The SMILES string of the molecule is C=C/C=C\NC(=O)c1c(Cl)cccc1Cl. The lowest BCUT2D eigenvalue weighted by molar-refractivity contribution is 0.0970. The van der Waals surface area contributed by atoms with E-state index in [0.717, 1.165) is 0 Å².